The fourth-order valence-corrected chi connectivity index (χ4v) is 2.49. The molecule has 4 nitrogen and oxygen atoms in total. The lowest BCUT2D eigenvalue weighted by molar-refractivity contribution is -0.384. The largest absolute Gasteiger partial charge is 0.377 e. The van der Waals surface area contributed by atoms with Gasteiger partial charge in [-0.2, -0.15) is 0 Å². The summed E-state index contributed by atoms with van der Waals surface area (Å²) in [5, 5.41) is 14.3. The van der Waals surface area contributed by atoms with Gasteiger partial charge in [-0.1, -0.05) is 46.3 Å². The van der Waals surface area contributed by atoms with Crippen LogP contribution in [0, 0.1) is 10.1 Å². The SMILES string of the molecule is CC(CCc1ccccc1)Nc1ccc(Br)cc1[N+](=O)[O-]. The second kappa shape index (κ2) is 7.22. The molecule has 0 spiro atoms. The van der Waals surface area contributed by atoms with Crippen molar-refractivity contribution in [2.24, 2.45) is 0 Å². The van der Waals surface area contributed by atoms with E-state index < -0.39 is 0 Å². The Labute approximate surface area is 132 Å². The van der Waals surface area contributed by atoms with Crippen LogP contribution in [0.3, 0.4) is 0 Å². The Balaban J connectivity index is 1.99. The van der Waals surface area contributed by atoms with Gasteiger partial charge in [0.15, 0.2) is 0 Å². The normalized spacial score (nSPS) is 11.9. The van der Waals surface area contributed by atoms with E-state index in [1.54, 1.807) is 12.1 Å². The lowest BCUT2D eigenvalue weighted by Gasteiger charge is -2.15. The Hall–Kier alpha value is -1.88. The Kier molecular flexibility index (Phi) is 5.33. The number of nitro groups is 1. The third-order valence-electron chi connectivity index (χ3n) is 3.27. The fraction of sp³-hybridized carbons (Fsp3) is 0.250. The summed E-state index contributed by atoms with van der Waals surface area (Å²) >= 11 is 3.26. The summed E-state index contributed by atoms with van der Waals surface area (Å²) in [6.07, 6.45) is 1.86. The first-order chi connectivity index (χ1) is 10.1. The molecule has 0 aliphatic heterocycles. The molecule has 0 fully saturated rings. The molecular weight excluding hydrogens is 332 g/mol. The summed E-state index contributed by atoms with van der Waals surface area (Å²) in [5.74, 6) is 0. The molecule has 0 aliphatic carbocycles. The molecule has 0 aromatic heterocycles. The van der Waals surface area contributed by atoms with Crippen LogP contribution >= 0.6 is 15.9 Å². The third kappa shape index (κ3) is 4.56. The number of anilines is 1. The van der Waals surface area contributed by atoms with E-state index in [2.05, 4.69) is 33.4 Å². The molecule has 110 valence electrons. The number of nitrogens with one attached hydrogen (secondary N) is 1. The zero-order valence-electron chi connectivity index (χ0n) is 11.8. The number of aryl methyl sites for hydroxylation is 1. The minimum Gasteiger partial charge on any atom is -0.377 e. The smallest absolute Gasteiger partial charge is 0.293 e. The van der Waals surface area contributed by atoms with E-state index >= 15 is 0 Å². The Morgan fingerprint density at radius 3 is 2.62 bits per heavy atom. The molecule has 0 bridgehead atoms. The molecule has 5 heteroatoms. The zero-order chi connectivity index (χ0) is 15.2. The van der Waals surface area contributed by atoms with Gasteiger partial charge in [-0.15, -0.1) is 0 Å². The molecule has 1 N–H and O–H groups in total. The minimum atomic E-state index is -0.364. The van der Waals surface area contributed by atoms with Gasteiger partial charge in [-0.05, 0) is 37.5 Å². The van der Waals surface area contributed by atoms with Gasteiger partial charge in [-0.25, -0.2) is 0 Å². The van der Waals surface area contributed by atoms with Gasteiger partial charge < -0.3 is 5.32 Å². The quantitative estimate of drug-likeness (QED) is 0.603. The van der Waals surface area contributed by atoms with Crippen LogP contribution in [0.15, 0.2) is 53.0 Å². The van der Waals surface area contributed by atoms with Crippen LogP contribution in [0.25, 0.3) is 0 Å². The van der Waals surface area contributed by atoms with Gasteiger partial charge in [0.25, 0.3) is 5.69 Å². The Bertz CT molecular complexity index is 617. The number of rotatable bonds is 6. The molecule has 0 saturated carbocycles. The van der Waals surface area contributed by atoms with Gasteiger partial charge in [-0.3, -0.25) is 10.1 Å². The predicted molar refractivity (Wildman–Crippen MR) is 88.6 cm³/mol. The summed E-state index contributed by atoms with van der Waals surface area (Å²) in [6, 6.07) is 15.4. The van der Waals surface area contributed by atoms with Crippen molar-refractivity contribution in [3.8, 4) is 0 Å². The van der Waals surface area contributed by atoms with Crippen molar-refractivity contribution in [2.75, 3.05) is 5.32 Å². The molecule has 1 atom stereocenters. The molecule has 0 heterocycles. The molecule has 0 saturated heterocycles. The molecule has 0 aliphatic rings. The van der Waals surface area contributed by atoms with E-state index in [-0.39, 0.29) is 16.7 Å². The molecule has 1 unspecified atom stereocenters. The van der Waals surface area contributed by atoms with Crippen molar-refractivity contribution in [3.63, 3.8) is 0 Å². The van der Waals surface area contributed by atoms with Crippen molar-refractivity contribution in [1.82, 2.24) is 0 Å². The van der Waals surface area contributed by atoms with Crippen LogP contribution in [-0.4, -0.2) is 11.0 Å². The van der Waals surface area contributed by atoms with E-state index in [1.165, 1.54) is 11.6 Å². The second-order valence-corrected chi connectivity index (χ2v) is 5.90. The lowest BCUT2D eigenvalue weighted by Crippen LogP contribution is -2.16. The molecule has 21 heavy (non-hydrogen) atoms. The molecule has 2 rings (SSSR count). The average Bonchev–Trinajstić information content (AvgIpc) is 2.48. The summed E-state index contributed by atoms with van der Waals surface area (Å²) in [6.45, 7) is 2.04. The second-order valence-electron chi connectivity index (χ2n) is 4.99. The third-order valence-corrected chi connectivity index (χ3v) is 3.76. The van der Waals surface area contributed by atoms with Crippen LogP contribution in [0.5, 0.6) is 0 Å². The standard InChI is InChI=1S/C16H17BrN2O2/c1-12(7-8-13-5-3-2-4-6-13)18-15-10-9-14(17)11-16(15)19(20)21/h2-6,9-12,18H,7-8H2,1H3. The number of hydrogen-bond acceptors (Lipinski definition) is 3. The van der Waals surface area contributed by atoms with Gasteiger partial charge in [0.05, 0.1) is 4.92 Å². The highest BCUT2D eigenvalue weighted by molar-refractivity contribution is 9.10. The monoisotopic (exact) mass is 348 g/mol. The van der Waals surface area contributed by atoms with Crippen LogP contribution in [0.1, 0.15) is 18.9 Å². The van der Waals surface area contributed by atoms with Gasteiger partial charge in [0, 0.05) is 16.6 Å². The maximum Gasteiger partial charge on any atom is 0.293 e. The van der Waals surface area contributed by atoms with E-state index in [4.69, 9.17) is 0 Å². The molecule has 0 radical (unpaired) electrons. The van der Waals surface area contributed by atoms with Gasteiger partial charge >= 0.3 is 0 Å². The summed E-state index contributed by atoms with van der Waals surface area (Å²) in [4.78, 5) is 10.7. The fourth-order valence-electron chi connectivity index (χ4n) is 2.14. The lowest BCUT2D eigenvalue weighted by atomic mass is 10.1. The van der Waals surface area contributed by atoms with Crippen molar-refractivity contribution >= 4 is 27.3 Å². The van der Waals surface area contributed by atoms with Crippen LogP contribution in [0.2, 0.25) is 0 Å². The van der Waals surface area contributed by atoms with E-state index in [0.717, 1.165) is 12.8 Å². The highest BCUT2D eigenvalue weighted by atomic mass is 79.9. The highest BCUT2D eigenvalue weighted by Gasteiger charge is 2.15. The minimum absolute atomic E-state index is 0.0935. The van der Waals surface area contributed by atoms with E-state index in [9.17, 15) is 10.1 Å². The van der Waals surface area contributed by atoms with Crippen LogP contribution < -0.4 is 5.32 Å². The first-order valence-corrected chi connectivity index (χ1v) is 7.60. The molecule has 0 amide bonds. The van der Waals surface area contributed by atoms with Crippen LogP contribution in [-0.2, 0) is 6.42 Å². The van der Waals surface area contributed by atoms with Gasteiger partial charge in [0.1, 0.15) is 5.69 Å². The Morgan fingerprint density at radius 1 is 1.24 bits per heavy atom. The average molecular weight is 349 g/mol. The maximum absolute atomic E-state index is 11.1. The highest BCUT2D eigenvalue weighted by Crippen LogP contribution is 2.28. The molecular formula is C16H17BrN2O2. The first-order valence-electron chi connectivity index (χ1n) is 6.80. The topological polar surface area (TPSA) is 55.2 Å². The molecule has 2 aromatic rings. The van der Waals surface area contributed by atoms with Crippen molar-refractivity contribution < 1.29 is 4.92 Å². The number of benzene rings is 2. The van der Waals surface area contributed by atoms with Crippen LogP contribution in [0.4, 0.5) is 11.4 Å². The predicted octanol–water partition coefficient (Wildman–Crippen LogP) is 4.79. The summed E-state index contributed by atoms with van der Waals surface area (Å²) in [7, 11) is 0. The van der Waals surface area contributed by atoms with E-state index in [1.807, 2.05) is 25.1 Å². The van der Waals surface area contributed by atoms with Crippen molar-refractivity contribution in [2.45, 2.75) is 25.8 Å². The number of nitrogens with zero attached hydrogens (tertiary/aromatic N) is 1. The maximum atomic E-state index is 11.1. The Morgan fingerprint density at radius 2 is 1.95 bits per heavy atom. The molecule has 2 aromatic carbocycles. The summed E-state index contributed by atoms with van der Waals surface area (Å²) in [5.41, 5.74) is 1.93. The van der Waals surface area contributed by atoms with E-state index in [0.29, 0.717) is 10.2 Å². The van der Waals surface area contributed by atoms with Gasteiger partial charge in [0.2, 0.25) is 0 Å². The first kappa shape index (κ1) is 15.5. The number of halogens is 1. The van der Waals surface area contributed by atoms with Crippen molar-refractivity contribution in [1.29, 1.82) is 0 Å². The van der Waals surface area contributed by atoms with Crippen molar-refractivity contribution in [3.05, 3.63) is 68.7 Å². The summed E-state index contributed by atoms with van der Waals surface area (Å²) < 4.78 is 0.705. The zero-order valence-corrected chi connectivity index (χ0v) is 13.3. The number of hydrogen-bond donors (Lipinski definition) is 1. The number of nitro benzene ring substituents is 1.